The van der Waals surface area contributed by atoms with E-state index in [1.165, 1.54) is 0 Å². The number of carbonyl (C=O) groups is 2. The van der Waals surface area contributed by atoms with Crippen LogP contribution in [0.15, 0.2) is 24.3 Å². The molecule has 0 bridgehead atoms. The highest BCUT2D eigenvalue weighted by molar-refractivity contribution is 5.98. The molecule has 1 aromatic rings. The number of benzene rings is 1. The molecule has 0 saturated carbocycles. The molecule has 0 spiro atoms. The summed E-state index contributed by atoms with van der Waals surface area (Å²) in [4.78, 5) is 25.4. The van der Waals surface area contributed by atoms with Crippen LogP contribution in [-0.2, 0) is 4.79 Å². The second-order valence-corrected chi connectivity index (χ2v) is 6.59. The minimum atomic E-state index is -0.519. The molecule has 1 aromatic carbocycles. The fraction of sp³-hybridized carbons (Fsp3) is 0.579. The summed E-state index contributed by atoms with van der Waals surface area (Å²) in [6.45, 7) is 5.74. The summed E-state index contributed by atoms with van der Waals surface area (Å²) in [5.41, 5.74) is 0.495. The predicted molar refractivity (Wildman–Crippen MR) is 97.7 cm³/mol. The highest BCUT2D eigenvalue weighted by atomic mass is 16.5. The van der Waals surface area contributed by atoms with Crippen LogP contribution in [0.25, 0.3) is 0 Å². The van der Waals surface area contributed by atoms with Crippen LogP contribution in [0.5, 0.6) is 5.75 Å². The van der Waals surface area contributed by atoms with Gasteiger partial charge in [-0.3, -0.25) is 9.59 Å². The molecule has 1 aliphatic rings. The third-order valence-corrected chi connectivity index (χ3v) is 4.76. The molecule has 2 atom stereocenters. The molecule has 1 heterocycles. The Morgan fingerprint density at radius 2 is 2.00 bits per heavy atom. The minimum Gasteiger partial charge on any atom is -0.497 e. The fourth-order valence-corrected chi connectivity index (χ4v) is 3.00. The number of carbonyl (C=O) groups excluding carboxylic acids is 2. The smallest absolute Gasteiger partial charge is 0.252 e. The van der Waals surface area contributed by atoms with Gasteiger partial charge in [-0.05, 0) is 63.4 Å². The summed E-state index contributed by atoms with van der Waals surface area (Å²) in [7, 11) is 1.56. The first-order chi connectivity index (χ1) is 12.0. The van der Waals surface area contributed by atoms with Gasteiger partial charge in [0.05, 0.1) is 7.11 Å². The third kappa shape index (κ3) is 5.46. The van der Waals surface area contributed by atoms with Gasteiger partial charge in [-0.25, -0.2) is 0 Å². The molecule has 1 aliphatic heterocycles. The second kappa shape index (κ2) is 9.42. The van der Waals surface area contributed by atoms with Crippen LogP contribution in [0.2, 0.25) is 0 Å². The summed E-state index contributed by atoms with van der Waals surface area (Å²) in [6, 6.07) is 6.54. The van der Waals surface area contributed by atoms with Crippen molar-refractivity contribution in [2.24, 2.45) is 5.92 Å². The van der Waals surface area contributed by atoms with Crippen molar-refractivity contribution in [3.8, 4) is 5.75 Å². The normalized spacial score (nSPS) is 17.4. The van der Waals surface area contributed by atoms with Gasteiger partial charge >= 0.3 is 0 Å². The molecule has 0 aromatic heterocycles. The highest BCUT2D eigenvalue weighted by Crippen LogP contribution is 2.18. The van der Waals surface area contributed by atoms with E-state index in [4.69, 9.17) is 4.74 Å². The molecule has 2 unspecified atom stereocenters. The van der Waals surface area contributed by atoms with Crippen LogP contribution in [0.1, 0.15) is 43.5 Å². The standard InChI is InChI=1S/C19H29N3O3/c1-4-13(2)21-19(24)17(14-8-10-20-11-9-14)22-18(23)15-6-5-7-16(12-15)25-3/h5-7,12-14,17,20H,4,8-11H2,1-3H3,(H,21,24)(H,22,23). The summed E-state index contributed by atoms with van der Waals surface area (Å²) in [5, 5.41) is 9.26. The molecule has 138 valence electrons. The van der Waals surface area contributed by atoms with E-state index in [1.807, 2.05) is 13.8 Å². The Labute approximate surface area is 149 Å². The van der Waals surface area contributed by atoms with Crippen LogP contribution in [-0.4, -0.2) is 44.1 Å². The Bertz CT molecular complexity index is 585. The van der Waals surface area contributed by atoms with Crippen molar-refractivity contribution < 1.29 is 14.3 Å². The van der Waals surface area contributed by atoms with Crippen molar-refractivity contribution >= 4 is 11.8 Å². The van der Waals surface area contributed by atoms with E-state index in [2.05, 4.69) is 16.0 Å². The monoisotopic (exact) mass is 347 g/mol. The molecular weight excluding hydrogens is 318 g/mol. The first kappa shape index (κ1) is 19.2. The zero-order valence-electron chi connectivity index (χ0n) is 15.3. The van der Waals surface area contributed by atoms with Crippen molar-refractivity contribution in [3.05, 3.63) is 29.8 Å². The number of piperidine rings is 1. The number of rotatable bonds is 7. The van der Waals surface area contributed by atoms with Crippen molar-refractivity contribution in [1.29, 1.82) is 0 Å². The Morgan fingerprint density at radius 1 is 1.28 bits per heavy atom. The van der Waals surface area contributed by atoms with E-state index >= 15 is 0 Å². The van der Waals surface area contributed by atoms with E-state index in [1.54, 1.807) is 31.4 Å². The molecule has 6 heteroatoms. The van der Waals surface area contributed by atoms with Crippen LogP contribution in [0.3, 0.4) is 0 Å². The lowest BCUT2D eigenvalue weighted by Crippen LogP contribution is -2.54. The van der Waals surface area contributed by atoms with Crippen molar-refractivity contribution in [2.75, 3.05) is 20.2 Å². The highest BCUT2D eigenvalue weighted by Gasteiger charge is 2.31. The number of hydrogen-bond acceptors (Lipinski definition) is 4. The second-order valence-electron chi connectivity index (χ2n) is 6.59. The maximum Gasteiger partial charge on any atom is 0.252 e. The first-order valence-corrected chi connectivity index (χ1v) is 9.01. The molecule has 2 rings (SSSR count). The number of nitrogens with one attached hydrogen (secondary N) is 3. The summed E-state index contributed by atoms with van der Waals surface area (Å²) in [6.07, 6.45) is 2.60. The SMILES string of the molecule is CCC(C)NC(=O)C(NC(=O)c1cccc(OC)c1)C1CCNCC1. The number of methoxy groups -OCH3 is 1. The number of amides is 2. The summed E-state index contributed by atoms with van der Waals surface area (Å²) < 4.78 is 5.17. The average molecular weight is 347 g/mol. The molecule has 3 N–H and O–H groups in total. The Balaban J connectivity index is 2.13. The van der Waals surface area contributed by atoms with Gasteiger partial charge in [0, 0.05) is 11.6 Å². The summed E-state index contributed by atoms with van der Waals surface area (Å²) in [5.74, 6) is 0.411. The molecule has 2 amide bonds. The quantitative estimate of drug-likeness (QED) is 0.701. The third-order valence-electron chi connectivity index (χ3n) is 4.76. The molecule has 25 heavy (non-hydrogen) atoms. The minimum absolute atomic E-state index is 0.0884. The molecule has 6 nitrogen and oxygen atoms in total. The largest absolute Gasteiger partial charge is 0.497 e. The zero-order valence-corrected chi connectivity index (χ0v) is 15.3. The maximum absolute atomic E-state index is 12.7. The average Bonchev–Trinajstić information content (AvgIpc) is 2.66. The molecule has 1 fully saturated rings. The Morgan fingerprint density at radius 3 is 2.64 bits per heavy atom. The van der Waals surface area contributed by atoms with E-state index in [-0.39, 0.29) is 23.8 Å². The van der Waals surface area contributed by atoms with Crippen LogP contribution in [0.4, 0.5) is 0 Å². The fourth-order valence-electron chi connectivity index (χ4n) is 3.00. The number of ether oxygens (including phenoxy) is 1. The topological polar surface area (TPSA) is 79.5 Å². The Kier molecular flexibility index (Phi) is 7.25. The van der Waals surface area contributed by atoms with Crippen molar-refractivity contribution in [3.63, 3.8) is 0 Å². The van der Waals surface area contributed by atoms with Crippen LogP contribution >= 0.6 is 0 Å². The lowest BCUT2D eigenvalue weighted by atomic mass is 9.89. The van der Waals surface area contributed by atoms with Gasteiger partial charge in [0.1, 0.15) is 11.8 Å². The maximum atomic E-state index is 12.7. The zero-order chi connectivity index (χ0) is 18.2. The molecule has 0 radical (unpaired) electrons. The van der Waals surface area contributed by atoms with Crippen LogP contribution in [0, 0.1) is 5.92 Å². The predicted octanol–water partition coefficient (Wildman–Crippen LogP) is 1.71. The van der Waals surface area contributed by atoms with Gasteiger partial charge in [0.15, 0.2) is 0 Å². The van der Waals surface area contributed by atoms with Gasteiger partial charge in [-0.1, -0.05) is 13.0 Å². The van der Waals surface area contributed by atoms with E-state index < -0.39 is 6.04 Å². The van der Waals surface area contributed by atoms with Crippen molar-refractivity contribution in [1.82, 2.24) is 16.0 Å². The first-order valence-electron chi connectivity index (χ1n) is 9.01. The van der Waals surface area contributed by atoms with E-state index in [9.17, 15) is 9.59 Å². The van der Waals surface area contributed by atoms with Crippen molar-refractivity contribution in [2.45, 2.75) is 45.2 Å². The van der Waals surface area contributed by atoms with Gasteiger partial charge < -0.3 is 20.7 Å². The van der Waals surface area contributed by atoms with E-state index in [0.29, 0.717) is 11.3 Å². The lowest BCUT2D eigenvalue weighted by molar-refractivity contribution is -0.125. The van der Waals surface area contributed by atoms with E-state index in [0.717, 1.165) is 32.4 Å². The Hall–Kier alpha value is -2.08. The molecule has 0 aliphatic carbocycles. The van der Waals surface area contributed by atoms with Gasteiger partial charge in [-0.15, -0.1) is 0 Å². The lowest BCUT2D eigenvalue weighted by Gasteiger charge is -2.31. The summed E-state index contributed by atoms with van der Waals surface area (Å²) >= 11 is 0. The number of hydrogen-bond donors (Lipinski definition) is 3. The molecular formula is C19H29N3O3. The molecule has 1 saturated heterocycles. The van der Waals surface area contributed by atoms with Gasteiger partial charge in [0.2, 0.25) is 5.91 Å². The van der Waals surface area contributed by atoms with Crippen LogP contribution < -0.4 is 20.7 Å². The van der Waals surface area contributed by atoms with Gasteiger partial charge in [0.25, 0.3) is 5.91 Å². The van der Waals surface area contributed by atoms with Gasteiger partial charge in [-0.2, -0.15) is 0 Å².